The van der Waals surface area contributed by atoms with Gasteiger partial charge in [0.2, 0.25) is 0 Å². The van der Waals surface area contributed by atoms with Gasteiger partial charge < -0.3 is 49.6 Å². The molecule has 8 unspecified atom stereocenters. The second kappa shape index (κ2) is 10.7. The minimum atomic E-state index is -1.45. The highest BCUT2D eigenvalue weighted by atomic mass is 16.7. The highest BCUT2D eigenvalue weighted by Crippen LogP contribution is 2.73. The Bertz CT molecular complexity index is 1120. The van der Waals surface area contributed by atoms with E-state index in [0.29, 0.717) is 30.8 Å². The van der Waals surface area contributed by atoms with Gasteiger partial charge in [0.05, 0.1) is 37.6 Å². The summed E-state index contributed by atoms with van der Waals surface area (Å²) in [7, 11) is 0. The van der Waals surface area contributed by atoms with E-state index in [1.165, 1.54) is 0 Å². The zero-order chi connectivity index (χ0) is 31.6. The molecular formula is C34H54O10. The molecule has 0 aromatic carbocycles. The van der Waals surface area contributed by atoms with Gasteiger partial charge in [-0.25, -0.2) is 0 Å². The summed E-state index contributed by atoms with van der Waals surface area (Å²) in [5.41, 5.74) is -0.910. The maximum Gasteiger partial charge on any atom is 0.186 e. The van der Waals surface area contributed by atoms with Crippen LogP contribution >= 0.6 is 0 Å². The van der Waals surface area contributed by atoms with Crippen molar-refractivity contribution in [1.29, 1.82) is 0 Å². The number of aliphatic hydroxyl groups excluding tert-OH is 5. The third-order valence-electron chi connectivity index (χ3n) is 14.8. The summed E-state index contributed by atoms with van der Waals surface area (Å²) in [5, 5.41) is 65.6. The molecule has 0 radical (unpaired) electrons. The molecule has 3 heterocycles. The van der Waals surface area contributed by atoms with Crippen molar-refractivity contribution in [2.45, 2.75) is 127 Å². The fourth-order valence-corrected chi connectivity index (χ4v) is 12.1. The smallest absolute Gasteiger partial charge is 0.186 e. The van der Waals surface area contributed by atoms with Gasteiger partial charge in [-0.3, -0.25) is 0 Å². The lowest BCUT2D eigenvalue weighted by atomic mass is 9.39. The van der Waals surface area contributed by atoms with E-state index in [1.807, 2.05) is 6.92 Å². The van der Waals surface area contributed by atoms with E-state index in [2.05, 4.69) is 27.4 Å². The van der Waals surface area contributed by atoms with E-state index < -0.39 is 59.5 Å². The molecule has 1 spiro atoms. The standard InChI is InChI=1S/C34H54O10/c1-16-6-11-34(43-13-16)18(3)25-24(44-34)12-22-19-7-10-33(40)29(39)26(36)20(14-41-30-28(38)27(37)23(35)15-42-30)17(2)32(33,5)21(19)8-9-31(22,25)4/h17-30,35-40H,1,6-15H2,2-5H3/t17?,18-,19?,20-,21?,22?,23-,24?,25?,26-,27?,28?,29-,30+,31-,32+,33-,34+/m0/s1. The van der Waals surface area contributed by atoms with Gasteiger partial charge >= 0.3 is 0 Å². The van der Waals surface area contributed by atoms with Crippen LogP contribution in [-0.4, -0.2) is 105 Å². The Kier molecular flexibility index (Phi) is 7.74. The lowest BCUT2D eigenvalue weighted by Crippen LogP contribution is -2.74. The highest BCUT2D eigenvalue weighted by Gasteiger charge is 2.73. The molecule has 6 N–H and O–H groups in total. The molecular weight excluding hydrogens is 568 g/mol. The van der Waals surface area contributed by atoms with Crippen LogP contribution in [0.15, 0.2) is 12.2 Å². The molecule has 44 heavy (non-hydrogen) atoms. The number of hydrogen-bond acceptors (Lipinski definition) is 10. The summed E-state index contributed by atoms with van der Waals surface area (Å²) in [6.45, 7) is 13.4. The van der Waals surface area contributed by atoms with Gasteiger partial charge in [-0.1, -0.05) is 39.8 Å². The number of ether oxygens (including phenoxy) is 4. The first kappa shape index (κ1) is 31.9. The number of fused-ring (bicyclic) bond motifs is 7. The highest BCUT2D eigenvalue weighted by molar-refractivity contribution is 5.22. The third-order valence-corrected chi connectivity index (χ3v) is 14.8. The Labute approximate surface area is 260 Å². The molecule has 3 saturated heterocycles. The van der Waals surface area contributed by atoms with Gasteiger partial charge in [-0.15, -0.1) is 0 Å². The molecule has 4 aliphatic carbocycles. The van der Waals surface area contributed by atoms with E-state index in [0.717, 1.165) is 44.1 Å². The van der Waals surface area contributed by atoms with E-state index in [9.17, 15) is 30.6 Å². The SMILES string of the molecule is C=C1CC[C@@]2(OC1)OC1CC3C4CC[C@]5(O)[C@@H](O)[C@@H](O)[C@@H](CO[C@@H]6OC[C@H](O)C(O)C6O)C(C)[C@]5(C)C4CC[C@]3(C)C1[C@@H]2C. The Hall–Kier alpha value is -0.660. The fourth-order valence-electron chi connectivity index (χ4n) is 12.1. The second-order valence-electron chi connectivity index (χ2n) is 16.2. The van der Waals surface area contributed by atoms with Gasteiger partial charge in [0.25, 0.3) is 0 Å². The minimum absolute atomic E-state index is 0.0296. The average molecular weight is 623 g/mol. The van der Waals surface area contributed by atoms with E-state index in [-0.39, 0.29) is 42.5 Å². The molecule has 250 valence electrons. The van der Waals surface area contributed by atoms with Gasteiger partial charge in [-0.05, 0) is 73.5 Å². The van der Waals surface area contributed by atoms with Crippen molar-refractivity contribution in [2.24, 2.45) is 52.3 Å². The quantitative estimate of drug-likeness (QED) is 0.256. The molecule has 0 bridgehead atoms. The summed E-state index contributed by atoms with van der Waals surface area (Å²) >= 11 is 0. The van der Waals surface area contributed by atoms with Crippen LogP contribution in [-0.2, 0) is 18.9 Å². The second-order valence-corrected chi connectivity index (χ2v) is 16.2. The van der Waals surface area contributed by atoms with Gasteiger partial charge in [0.15, 0.2) is 12.1 Å². The summed E-state index contributed by atoms with van der Waals surface area (Å²) in [4.78, 5) is 0. The van der Waals surface area contributed by atoms with Crippen LogP contribution in [0.3, 0.4) is 0 Å². The van der Waals surface area contributed by atoms with Crippen LogP contribution < -0.4 is 0 Å². The van der Waals surface area contributed by atoms with Gasteiger partial charge in [0, 0.05) is 23.7 Å². The van der Waals surface area contributed by atoms with Gasteiger partial charge in [-0.2, -0.15) is 0 Å². The first-order valence-electron chi connectivity index (χ1n) is 17.0. The van der Waals surface area contributed by atoms with Crippen molar-refractivity contribution in [2.75, 3.05) is 19.8 Å². The lowest BCUT2D eigenvalue weighted by molar-refractivity contribution is -0.316. The molecule has 10 nitrogen and oxygen atoms in total. The Morgan fingerprint density at radius 2 is 1.68 bits per heavy atom. The van der Waals surface area contributed by atoms with Crippen molar-refractivity contribution < 1.29 is 49.6 Å². The van der Waals surface area contributed by atoms with Crippen LogP contribution in [0.4, 0.5) is 0 Å². The molecule has 4 saturated carbocycles. The Morgan fingerprint density at radius 3 is 2.39 bits per heavy atom. The summed E-state index contributed by atoms with van der Waals surface area (Å²) in [6.07, 6.45) is -1.71. The van der Waals surface area contributed by atoms with Crippen molar-refractivity contribution in [3.05, 3.63) is 12.2 Å². The molecule has 7 aliphatic rings. The zero-order valence-corrected chi connectivity index (χ0v) is 26.7. The molecule has 0 aromatic heterocycles. The van der Waals surface area contributed by atoms with Crippen molar-refractivity contribution in [3.63, 3.8) is 0 Å². The van der Waals surface area contributed by atoms with E-state index in [4.69, 9.17) is 18.9 Å². The molecule has 18 atom stereocenters. The van der Waals surface area contributed by atoms with Crippen molar-refractivity contribution in [1.82, 2.24) is 0 Å². The van der Waals surface area contributed by atoms with Crippen LogP contribution in [0.2, 0.25) is 0 Å². The predicted octanol–water partition coefficient (Wildman–Crippen LogP) is 1.73. The Balaban J connectivity index is 1.13. The molecule has 10 heteroatoms. The van der Waals surface area contributed by atoms with Gasteiger partial charge in [0.1, 0.15) is 24.4 Å². The molecule has 0 aromatic rings. The normalized spacial score (nSPS) is 60.5. The Morgan fingerprint density at radius 1 is 0.932 bits per heavy atom. The maximum atomic E-state index is 12.3. The van der Waals surface area contributed by atoms with Crippen LogP contribution in [0.25, 0.3) is 0 Å². The minimum Gasteiger partial charge on any atom is -0.390 e. The molecule has 7 fully saturated rings. The van der Waals surface area contributed by atoms with E-state index >= 15 is 0 Å². The first-order valence-corrected chi connectivity index (χ1v) is 17.0. The van der Waals surface area contributed by atoms with Crippen LogP contribution in [0.5, 0.6) is 0 Å². The third kappa shape index (κ3) is 4.15. The lowest BCUT2D eigenvalue weighted by Gasteiger charge is -2.68. The summed E-state index contributed by atoms with van der Waals surface area (Å²) in [5.74, 6) is 0.345. The van der Waals surface area contributed by atoms with Crippen molar-refractivity contribution >= 4 is 0 Å². The number of hydrogen-bond donors (Lipinski definition) is 6. The topological polar surface area (TPSA) is 158 Å². The van der Waals surface area contributed by atoms with Crippen LogP contribution in [0.1, 0.15) is 72.6 Å². The van der Waals surface area contributed by atoms with E-state index in [1.54, 1.807) is 0 Å². The van der Waals surface area contributed by atoms with Crippen LogP contribution in [0, 0.1) is 52.3 Å². The average Bonchev–Trinajstić information content (AvgIpc) is 3.44. The molecule has 0 amide bonds. The first-order chi connectivity index (χ1) is 20.7. The monoisotopic (exact) mass is 622 g/mol. The molecule has 3 aliphatic heterocycles. The largest absolute Gasteiger partial charge is 0.390 e. The number of rotatable bonds is 3. The zero-order valence-electron chi connectivity index (χ0n) is 26.7. The summed E-state index contributed by atoms with van der Waals surface area (Å²) in [6, 6.07) is 0. The van der Waals surface area contributed by atoms with Crippen molar-refractivity contribution in [3.8, 4) is 0 Å². The maximum absolute atomic E-state index is 12.3. The summed E-state index contributed by atoms with van der Waals surface area (Å²) < 4.78 is 24.6. The molecule has 7 rings (SSSR count). The fraction of sp³-hybridized carbons (Fsp3) is 0.941. The predicted molar refractivity (Wildman–Crippen MR) is 158 cm³/mol. The number of aliphatic hydroxyl groups is 6.